The highest BCUT2D eigenvalue weighted by molar-refractivity contribution is 6.32. The summed E-state index contributed by atoms with van der Waals surface area (Å²) < 4.78 is 57.3. The number of benzene rings is 6. The number of ether oxygens (including phenoxy) is 9. The maximum absolute atomic E-state index is 15.5. The van der Waals surface area contributed by atoms with Gasteiger partial charge in [-0.15, -0.1) is 0 Å². The van der Waals surface area contributed by atoms with Gasteiger partial charge in [-0.05, 0) is 148 Å². The molecule has 0 radical (unpaired) electrons. The Bertz CT molecular complexity index is 4880. The second-order valence-electron chi connectivity index (χ2n) is 31.5. The minimum absolute atomic E-state index is 0.00817. The van der Waals surface area contributed by atoms with Gasteiger partial charge < -0.3 is 148 Å². The Kier molecular flexibility index (Phi) is 33.1. The van der Waals surface area contributed by atoms with E-state index in [1.54, 1.807) is 24.3 Å². The van der Waals surface area contributed by atoms with E-state index < -0.39 is 262 Å². The zero-order valence-electron chi connectivity index (χ0n) is 68.6. The highest BCUT2D eigenvalue weighted by Gasteiger charge is 2.50. The number of carboxylic acids is 2. The van der Waals surface area contributed by atoms with E-state index in [1.165, 1.54) is 65.8 Å². The van der Waals surface area contributed by atoms with Gasteiger partial charge >= 0.3 is 11.9 Å². The fourth-order valence-electron chi connectivity index (χ4n) is 14.0. The summed E-state index contributed by atoms with van der Waals surface area (Å²) >= 11 is 20.5. The zero-order valence-corrected chi connectivity index (χ0v) is 70.8. The molecule has 4 aliphatic heterocycles. The van der Waals surface area contributed by atoms with Crippen molar-refractivity contribution < 1.29 is 142 Å². The number of phenolic OH excluding ortho intramolecular Hbond substituents is 3. The molecule has 2 saturated heterocycles. The van der Waals surface area contributed by atoms with Gasteiger partial charge in [-0.1, -0.05) is 79.0 Å². The molecule has 16 unspecified atom stereocenters. The summed E-state index contributed by atoms with van der Waals surface area (Å²) in [6.45, 7) is 11.3. The molecule has 4 aliphatic rings. The number of aliphatic hydroxyl groups excluding tert-OH is 6. The third-order valence-corrected chi connectivity index (χ3v) is 21.5. The summed E-state index contributed by atoms with van der Waals surface area (Å²) in [5.74, 6) is -15.7. The first-order valence-electron chi connectivity index (χ1n) is 39.1. The number of hydrogen-bond donors (Lipinski definition) is 20. The fraction of sp³-hybridized carbons (Fsp3) is 0.458. The van der Waals surface area contributed by atoms with Crippen LogP contribution in [0.4, 0.5) is 0 Å². The Morgan fingerprint density at radius 1 is 0.782 bits per heavy atom. The molecule has 6 aromatic carbocycles. The number of carbonyl (C=O) groups is 9. The number of carbonyl (C=O) groups excluding carboxylic acids is 7. The lowest BCUT2D eigenvalue weighted by molar-refractivity contribution is -0.320. The summed E-state index contributed by atoms with van der Waals surface area (Å²) in [6.07, 6.45) is -23.7. The molecule has 23 N–H and O–H groups in total. The molecule has 6 aromatic rings. The molecule has 0 aliphatic carbocycles. The molecule has 7 amide bonds. The van der Waals surface area contributed by atoms with E-state index in [-0.39, 0.29) is 59.4 Å². The predicted octanol–water partition coefficient (Wildman–Crippen LogP) is 4.36. The number of carboxylic acid groups (broad SMARTS) is 2. The van der Waals surface area contributed by atoms with E-state index in [0.29, 0.717) is 17.0 Å². The van der Waals surface area contributed by atoms with Gasteiger partial charge in [0.05, 0.1) is 66.7 Å². The van der Waals surface area contributed by atoms with Crippen LogP contribution in [0.15, 0.2) is 103 Å². The number of hydrogen-bond acceptors (Lipinski definition) is 29. The van der Waals surface area contributed by atoms with E-state index in [1.807, 2.05) is 13.8 Å². The van der Waals surface area contributed by atoms with Crippen LogP contribution in [-0.4, -0.2) is 220 Å². The monoisotopic (exact) mass is 1790 g/mol. The van der Waals surface area contributed by atoms with Crippen molar-refractivity contribution in [3.05, 3.63) is 152 Å². The molecule has 19 atom stereocenters. The van der Waals surface area contributed by atoms with Crippen LogP contribution in [0.25, 0.3) is 11.1 Å². The van der Waals surface area contributed by atoms with Crippen molar-refractivity contribution in [2.75, 3.05) is 19.7 Å². The third kappa shape index (κ3) is 24.8. The van der Waals surface area contributed by atoms with Crippen LogP contribution >= 0.6 is 34.8 Å². The summed E-state index contributed by atoms with van der Waals surface area (Å²) in [5.41, 5.74) is 13.4. The van der Waals surface area contributed by atoms with Gasteiger partial charge in [-0.2, -0.15) is 0 Å². The molecule has 38 nitrogen and oxygen atoms in total. The maximum Gasteiger partial charge on any atom is 0.334 e. The Labute approximate surface area is 725 Å². The molecular formula is C83H102Cl3N9O29. The lowest BCUT2D eigenvalue weighted by atomic mass is 9.86. The molecule has 0 aromatic heterocycles. The number of primary amides is 2. The van der Waals surface area contributed by atoms with Gasteiger partial charge in [0.2, 0.25) is 53.4 Å². The second-order valence-corrected chi connectivity index (χ2v) is 32.7. The van der Waals surface area contributed by atoms with Crippen LogP contribution in [-0.2, 0) is 78.2 Å². The number of aliphatic carboxylic acids is 2. The standard InChI is InChI=1S/C83H102Cl3N9O29/c1-35(2)10-21-61(102)93-68(77(110)90-32-60(87)101)69(104)43-15-20-54(50(86)24-43)121-57-26-44-25-56(72(57)124-81-73(71(106)70(105)59(33-96)123-81)119-39(6)117-36(3)74(107)82(7,8)91-31-58(79(112)113)116-34-40-11-16-45(84)17-12-40)120-53-19-14-41(23-49(53)85)55(122-63-30-83(9,89)75(108)37(4)118-63)29-62(103)94-67(80(114)115)48-27-46(98)28-52(100)64(48)47-22-42(13-18-51(47)99)65(76(88)109)95-78(111)66(44)92-38(5)97/h11-20,22-28,35-37,39,55,58-59,63,65-71,73-75,81,91,96,98-100,104-108H,10,21,29-34,89H2,1-9H3,(H2,87,101)(H2,88,109)(H,90,110)(H,92,97)(H,93,102)(H,94,103)(H,95,111)(H,112,113)(H,114,115)/t36?,37?,39?,55-,58?,59?,63?,65+,66?,67?,68-,69?,70?,71?,73?,74?,75?,81?,83?/m0/s1. The smallest absolute Gasteiger partial charge is 0.334 e. The van der Waals surface area contributed by atoms with E-state index in [9.17, 15) is 94.5 Å². The van der Waals surface area contributed by atoms with Gasteiger partial charge in [0.25, 0.3) is 0 Å². The van der Waals surface area contributed by atoms with Crippen LogP contribution in [0, 0.1) is 5.92 Å². The lowest BCUT2D eigenvalue weighted by Gasteiger charge is -2.43. The minimum atomic E-state index is -2.22. The average Bonchev–Trinajstić information content (AvgIpc) is 0.772. The number of fused-ring (bicyclic) bond motifs is 9. The lowest BCUT2D eigenvalue weighted by Crippen LogP contribution is -2.62. The average molecular weight is 1800 g/mol. The van der Waals surface area contributed by atoms with Crippen LogP contribution in [0.2, 0.25) is 15.1 Å². The Balaban J connectivity index is 1.23. The van der Waals surface area contributed by atoms with Crippen LogP contribution < -0.4 is 63.3 Å². The number of rotatable bonds is 32. The number of aliphatic hydroxyl groups is 6. The highest BCUT2D eigenvalue weighted by atomic mass is 35.5. The summed E-state index contributed by atoms with van der Waals surface area (Å²) in [7, 11) is 0. The first-order valence-corrected chi connectivity index (χ1v) is 40.2. The summed E-state index contributed by atoms with van der Waals surface area (Å²) in [4.78, 5) is 123. The predicted molar refractivity (Wildman–Crippen MR) is 440 cm³/mol. The van der Waals surface area contributed by atoms with Crippen molar-refractivity contribution in [3.8, 4) is 57.1 Å². The highest BCUT2D eigenvalue weighted by Crippen LogP contribution is 2.50. The van der Waals surface area contributed by atoms with Crippen molar-refractivity contribution in [2.45, 2.75) is 216 Å². The first kappa shape index (κ1) is 97.5. The zero-order chi connectivity index (χ0) is 91.4. The van der Waals surface area contributed by atoms with Crippen molar-refractivity contribution in [3.63, 3.8) is 0 Å². The molecule has 124 heavy (non-hydrogen) atoms. The molecule has 0 saturated carbocycles. The molecule has 2 fully saturated rings. The summed E-state index contributed by atoms with van der Waals surface area (Å²) in [5, 5.41) is 140. The number of nitrogens with two attached hydrogens (primary N) is 3. The number of aromatic hydroxyl groups is 3. The SMILES string of the molecule is CC(=O)NC1C(=O)N[C@@H](C(N)=O)c2ccc(O)c(c2)-c2c(O)cc(O)cc2C(C(=O)O)NC(=O)C[C@H](OC2CC(C)(N)C(O)C(C)O2)c2ccc(c(Cl)c2)Oc2cc1cc(Oc1ccc(C(O)[C@H](NC(=O)CCC(C)C)C(=O)NCC(N)=O)cc1Cl)c2OC1OC(CO)C(O)C(O)C1OC(C)OC(C)C(O)C(C)(C)NCC(OCc1ccc(Cl)cc1)C(=O)O. The van der Waals surface area contributed by atoms with E-state index in [4.69, 9.17) is 94.6 Å². The number of halogens is 3. The van der Waals surface area contributed by atoms with Crippen molar-refractivity contribution >= 4 is 88.1 Å². The Morgan fingerprint density at radius 3 is 2.10 bits per heavy atom. The number of nitrogens with one attached hydrogen (secondary N) is 6. The van der Waals surface area contributed by atoms with Gasteiger partial charge in [0, 0.05) is 65.2 Å². The van der Waals surface area contributed by atoms with E-state index in [0.717, 1.165) is 61.5 Å². The molecule has 4 heterocycles. The quantitative estimate of drug-likeness (QED) is 0.0261. The molecule has 10 rings (SSSR count). The van der Waals surface area contributed by atoms with Gasteiger partial charge in [0.15, 0.2) is 42.3 Å². The van der Waals surface area contributed by atoms with Crippen molar-refractivity contribution in [1.29, 1.82) is 0 Å². The molecular weight excluding hydrogens is 1690 g/mol. The Hall–Kier alpha value is -10.3. The fourth-order valence-corrected chi connectivity index (χ4v) is 14.6. The van der Waals surface area contributed by atoms with E-state index >= 15 is 4.79 Å². The topological polar surface area (TPSA) is 609 Å². The van der Waals surface area contributed by atoms with Gasteiger partial charge in [0.1, 0.15) is 71.3 Å². The van der Waals surface area contributed by atoms with Crippen molar-refractivity contribution in [1.82, 2.24) is 31.9 Å². The third-order valence-electron chi connectivity index (χ3n) is 20.7. The maximum atomic E-state index is 15.5. The number of phenols is 3. The Morgan fingerprint density at radius 2 is 1.48 bits per heavy atom. The minimum Gasteiger partial charge on any atom is -0.508 e. The summed E-state index contributed by atoms with van der Waals surface area (Å²) in [6, 6.07) is 12.3. The first-order chi connectivity index (χ1) is 58.2. The normalized spacial score (nSPS) is 23.9. The number of amides is 7. The van der Waals surface area contributed by atoms with E-state index in [2.05, 4.69) is 31.9 Å². The molecule has 674 valence electrons. The molecule has 41 heteroatoms. The largest absolute Gasteiger partial charge is 0.508 e. The second kappa shape index (κ2) is 42.1. The van der Waals surface area contributed by atoms with Crippen molar-refractivity contribution in [2.24, 2.45) is 23.1 Å². The van der Waals surface area contributed by atoms with Crippen LogP contribution in [0.3, 0.4) is 0 Å². The molecule has 6 bridgehead atoms. The van der Waals surface area contributed by atoms with Crippen LogP contribution in [0.1, 0.15) is 152 Å². The molecule has 0 spiro atoms. The van der Waals surface area contributed by atoms with Gasteiger partial charge in [-0.25, -0.2) is 9.59 Å². The van der Waals surface area contributed by atoms with Crippen LogP contribution in [0.5, 0.6) is 46.0 Å². The van der Waals surface area contributed by atoms with Gasteiger partial charge in [-0.3, -0.25) is 33.6 Å².